The zero-order valence-corrected chi connectivity index (χ0v) is 31.2. The molecule has 3 heteroatoms. The average molecular weight is 622 g/mol. The minimum atomic E-state index is -0.0783. The lowest BCUT2D eigenvalue weighted by molar-refractivity contribution is -0.127. The molecule has 3 nitrogen and oxygen atoms in total. The third-order valence-corrected chi connectivity index (χ3v) is 9.17. The Morgan fingerprint density at radius 2 is 0.636 bits per heavy atom. The fourth-order valence-electron chi connectivity index (χ4n) is 6.17. The van der Waals surface area contributed by atoms with Crippen molar-refractivity contribution in [3.8, 4) is 0 Å². The maximum Gasteiger partial charge on any atom is 0.136 e. The van der Waals surface area contributed by atoms with E-state index in [4.69, 9.17) is 0 Å². The lowest BCUT2D eigenvalue weighted by atomic mass is 9.93. The van der Waals surface area contributed by atoms with Gasteiger partial charge in [0.25, 0.3) is 0 Å². The second-order valence-corrected chi connectivity index (χ2v) is 14.0. The molecule has 0 aliphatic rings. The molecule has 0 saturated carbocycles. The zero-order valence-electron chi connectivity index (χ0n) is 31.2. The number of unbranched alkanes of at least 4 members (excludes halogenated alkanes) is 28. The van der Waals surface area contributed by atoms with Crippen LogP contribution in [-0.4, -0.2) is 25.7 Å². The van der Waals surface area contributed by atoms with Crippen LogP contribution in [0.25, 0.3) is 0 Å². The molecule has 264 valence electrons. The van der Waals surface area contributed by atoms with Gasteiger partial charge in [-0.15, -0.1) is 0 Å². The first kappa shape index (κ1) is 45.4. The Kier molecular flexibility index (Phi) is 41.6. The van der Waals surface area contributed by atoms with Gasteiger partial charge in [-0.3, -0.25) is 9.59 Å². The molecule has 0 amide bonds. The van der Waals surface area contributed by atoms with Gasteiger partial charge in [-0.1, -0.05) is 201 Å². The van der Waals surface area contributed by atoms with E-state index >= 15 is 0 Å². The summed E-state index contributed by atoms with van der Waals surface area (Å²) in [5.74, 6) is 0.534. The van der Waals surface area contributed by atoms with Crippen LogP contribution in [0.3, 0.4) is 0 Å². The topological polar surface area (TPSA) is 46.2 Å². The molecule has 0 fully saturated rings. The van der Waals surface area contributed by atoms with Crippen molar-refractivity contribution in [2.75, 3.05) is 14.1 Å². The third kappa shape index (κ3) is 39.3. The van der Waals surface area contributed by atoms with Crippen LogP contribution in [0.5, 0.6) is 0 Å². The first-order valence-corrected chi connectivity index (χ1v) is 20.2. The molecule has 44 heavy (non-hydrogen) atoms. The number of carbonyl (C=O) groups is 2. The van der Waals surface area contributed by atoms with Gasteiger partial charge in [0.1, 0.15) is 11.6 Å². The maximum absolute atomic E-state index is 12.5. The van der Waals surface area contributed by atoms with Crippen LogP contribution >= 0.6 is 0 Å². The van der Waals surface area contributed by atoms with Crippen molar-refractivity contribution in [1.29, 1.82) is 0 Å². The summed E-state index contributed by atoms with van der Waals surface area (Å²) >= 11 is 0. The second-order valence-electron chi connectivity index (χ2n) is 14.0. The number of Topliss-reactive ketones (excluding diaryl/α,β-unsaturated/α-hetero) is 2. The molecule has 0 aromatic heterocycles. The Bertz CT molecular complexity index is 561. The van der Waals surface area contributed by atoms with E-state index in [1.165, 1.54) is 180 Å². The van der Waals surface area contributed by atoms with Gasteiger partial charge in [-0.25, -0.2) is 0 Å². The average Bonchev–Trinajstić information content (AvgIpc) is 3.01. The summed E-state index contributed by atoms with van der Waals surface area (Å²) in [7, 11) is 3.75. The van der Waals surface area contributed by atoms with Crippen molar-refractivity contribution in [1.82, 2.24) is 5.32 Å². The highest BCUT2D eigenvalue weighted by Gasteiger charge is 2.16. The summed E-state index contributed by atoms with van der Waals surface area (Å²) in [5.41, 5.74) is 0. The number of nitrogens with one attached hydrogen (secondary N) is 1. The van der Waals surface area contributed by atoms with Gasteiger partial charge >= 0.3 is 0 Å². The first-order valence-electron chi connectivity index (χ1n) is 20.2. The third-order valence-electron chi connectivity index (χ3n) is 9.17. The summed E-state index contributed by atoms with van der Waals surface area (Å²) in [5, 5.41) is 2.75. The highest BCUT2D eigenvalue weighted by atomic mass is 16.1. The van der Waals surface area contributed by atoms with Gasteiger partial charge < -0.3 is 5.32 Å². The maximum atomic E-state index is 12.5. The molecule has 0 aromatic rings. The van der Waals surface area contributed by atoms with Crippen LogP contribution in [0.4, 0.5) is 0 Å². The number of carbonyl (C=O) groups excluding carboxylic acids is 2. The fourth-order valence-corrected chi connectivity index (χ4v) is 6.17. The molecule has 0 aromatic carbocycles. The Labute approximate surface area is 278 Å². The van der Waals surface area contributed by atoms with Crippen molar-refractivity contribution in [3.63, 3.8) is 0 Å². The standard InChI is InChI=1S/C39H76O2.C2H7N/c1-4-6-8-10-12-14-16-18-20-22-24-26-28-30-32-34-38(40)36-37(3)39(41)35-33-31-29-27-25-23-21-19-17-15-13-11-9-7-5-2;1-3-2/h37H,4-36H2,1-3H3;3H,1-2H3. The Balaban J connectivity index is 0. The smallest absolute Gasteiger partial charge is 0.136 e. The number of rotatable bonds is 35. The van der Waals surface area contributed by atoms with E-state index in [9.17, 15) is 9.59 Å². The van der Waals surface area contributed by atoms with Crippen molar-refractivity contribution < 1.29 is 9.59 Å². The van der Waals surface area contributed by atoms with E-state index in [1.807, 2.05) is 21.0 Å². The summed E-state index contributed by atoms with van der Waals surface area (Å²) in [6.07, 6.45) is 42.3. The predicted molar refractivity (Wildman–Crippen MR) is 198 cm³/mol. The molecule has 1 N–H and O–H groups in total. The molecule has 0 aliphatic heterocycles. The van der Waals surface area contributed by atoms with Crippen molar-refractivity contribution >= 4 is 11.6 Å². The summed E-state index contributed by atoms with van der Waals surface area (Å²) in [6, 6.07) is 0. The monoisotopic (exact) mass is 622 g/mol. The molecular weight excluding hydrogens is 538 g/mol. The predicted octanol–water partition coefficient (Wildman–Crippen LogP) is 13.5. The largest absolute Gasteiger partial charge is 0.323 e. The van der Waals surface area contributed by atoms with E-state index in [0.717, 1.165) is 12.8 Å². The van der Waals surface area contributed by atoms with Gasteiger partial charge in [-0.05, 0) is 26.9 Å². The Morgan fingerprint density at radius 3 is 0.909 bits per heavy atom. The molecule has 0 heterocycles. The first-order chi connectivity index (χ1) is 21.5. The summed E-state index contributed by atoms with van der Waals surface area (Å²) in [4.78, 5) is 24.8. The van der Waals surface area contributed by atoms with E-state index in [1.54, 1.807) is 0 Å². The molecule has 0 radical (unpaired) electrons. The highest BCUT2D eigenvalue weighted by molar-refractivity contribution is 5.87. The second kappa shape index (κ2) is 40.3. The van der Waals surface area contributed by atoms with E-state index in [-0.39, 0.29) is 5.92 Å². The molecule has 0 bridgehead atoms. The quantitative estimate of drug-likeness (QED) is 0.0716. The van der Waals surface area contributed by atoms with Crippen LogP contribution in [0, 0.1) is 5.92 Å². The molecule has 1 unspecified atom stereocenters. The lowest BCUT2D eigenvalue weighted by Crippen LogP contribution is -2.15. The van der Waals surface area contributed by atoms with Crippen LogP contribution in [0.2, 0.25) is 0 Å². The number of ketones is 2. The molecule has 0 aliphatic carbocycles. The fraction of sp³-hybridized carbons (Fsp3) is 0.951. The lowest BCUT2D eigenvalue weighted by Gasteiger charge is -2.10. The SMILES string of the molecule is CCCCCCCCCCCCCCCCCC(=O)CC(C)C(=O)CCCCCCCCCCCCCCCCC.CNC. The van der Waals surface area contributed by atoms with Crippen molar-refractivity contribution in [2.24, 2.45) is 5.92 Å². The zero-order chi connectivity index (χ0) is 32.8. The normalized spacial score (nSPS) is 11.8. The van der Waals surface area contributed by atoms with Gasteiger partial charge in [0, 0.05) is 25.2 Å². The molecule has 0 saturated heterocycles. The van der Waals surface area contributed by atoms with E-state index in [0.29, 0.717) is 30.8 Å². The Morgan fingerprint density at radius 1 is 0.409 bits per heavy atom. The molecule has 0 rings (SSSR count). The molecule has 0 spiro atoms. The Hall–Kier alpha value is -0.700. The summed E-state index contributed by atoms with van der Waals surface area (Å²) in [6.45, 7) is 6.54. The minimum Gasteiger partial charge on any atom is -0.323 e. The van der Waals surface area contributed by atoms with Crippen LogP contribution in [0.1, 0.15) is 233 Å². The van der Waals surface area contributed by atoms with Crippen molar-refractivity contribution in [3.05, 3.63) is 0 Å². The highest BCUT2D eigenvalue weighted by Crippen LogP contribution is 2.17. The minimum absolute atomic E-state index is 0.0783. The van der Waals surface area contributed by atoms with Crippen LogP contribution in [0.15, 0.2) is 0 Å². The summed E-state index contributed by atoms with van der Waals surface area (Å²) < 4.78 is 0. The number of hydrogen-bond donors (Lipinski definition) is 1. The van der Waals surface area contributed by atoms with E-state index in [2.05, 4.69) is 19.2 Å². The number of hydrogen-bond acceptors (Lipinski definition) is 3. The van der Waals surface area contributed by atoms with Gasteiger partial charge in [0.15, 0.2) is 0 Å². The van der Waals surface area contributed by atoms with Crippen LogP contribution in [-0.2, 0) is 9.59 Å². The van der Waals surface area contributed by atoms with Crippen molar-refractivity contribution in [2.45, 2.75) is 233 Å². The van der Waals surface area contributed by atoms with Gasteiger partial charge in [-0.2, -0.15) is 0 Å². The van der Waals surface area contributed by atoms with Crippen LogP contribution < -0.4 is 5.32 Å². The van der Waals surface area contributed by atoms with E-state index < -0.39 is 0 Å². The molecule has 1 atom stereocenters. The van der Waals surface area contributed by atoms with Gasteiger partial charge in [0.2, 0.25) is 0 Å². The van der Waals surface area contributed by atoms with Gasteiger partial charge in [0.05, 0.1) is 0 Å². The molecular formula is C41H83NO2.